The number of piperidine rings is 1. The van der Waals surface area contributed by atoms with Gasteiger partial charge in [-0.25, -0.2) is 0 Å². The lowest BCUT2D eigenvalue weighted by molar-refractivity contribution is -0.0740. The molecule has 1 aromatic carbocycles. The van der Waals surface area contributed by atoms with Crippen LogP contribution in [0.1, 0.15) is 41.8 Å². The van der Waals surface area contributed by atoms with Gasteiger partial charge in [-0.3, -0.25) is 9.69 Å². The molecular formula is C23H28N2O3. The van der Waals surface area contributed by atoms with Crippen LogP contribution >= 0.6 is 0 Å². The van der Waals surface area contributed by atoms with E-state index >= 15 is 0 Å². The van der Waals surface area contributed by atoms with Gasteiger partial charge in [-0.15, -0.1) is 0 Å². The summed E-state index contributed by atoms with van der Waals surface area (Å²) in [5, 5.41) is 3.02. The minimum absolute atomic E-state index is 0.00334. The van der Waals surface area contributed by atoms with Gasteiger partial charge >= 0.3 is 0 Å². The van der Waals surface area contributed by atoms with Crippen molar-refractivity contribution in [3.05, 3.63) is 66.1 Å². The predicted molar refractivity (Wildman–Crippen MR) is 109 cm³/mol. The van der Waals surface area contributed by atoms with Gasteiger partial charge in [0.05, 0.1) is 18.0 Å². The van der Waals surface area contributed by atoms with Crippen molar-refractivity contribution in [2.45, 2.75) is 37.4 Å². The predicted octanol–water partition coefficient (Wildman–Crippen LogP) is 3.74. The summed E-state index contributed by atoms with van der Waals surface area (Å²) in [6, 6.07) is 13.2. The third kappa shape index (κ3) is 4.72. The van der Waals surface area contributed by atoms with E-state index in [1.807, 2.05) is 48.5 Å². The molecule has 1 N–H and O–H groups in total. The van der Waals surface area contributed by atoms with E-state index in [4.69, 9.17) is 9.15 Å². The summed E-state index contributed by atoms with van der Waals surface area (Å²) in [6.07, 6.45) is 10.2. The van der Waals surface area contributed by atoms with Crippen LogP contribution in [0, 0.1) is 0 Å². The first-order valence-corrected chi connectivity index (χ1v) is 10.2. The zero-order valence-corrected chi connectivity index (χ0v) is 16.2. The number of ether oxygens (including phenoxy) is 1. The van der Waals surface area contributed by atoms with Crippen LogP contribution in [0.15, 0.2) is 59.2 Å². The number of hydrogen-bond donors (Lipinski definition) is 1. The number of likely N-dealkylation sites (tertiary alicyclic amines) is 1. The average Bonchev–Trinajstić information content (AvgIpc) is 3.39. The molecule has 4 rings (SSSR count). The number of hydrogen-bond acceptors (Lipinski definition) is 4. The fourth-order valence-corrected chi connectivity index (χ4v) is 4.15. The monoisotopic (exact) mass is 380 g/mol. The first-order chi connectivity index (χ1) is 13.7. The molecule has 5 nitrogen and oxygen atoms in total. The molecule has 3 heterocycles. The Labute approximate surface area is 166 Å². The number of nitrogens with one attached hydrogen (secondary N) is 1. The summed E-state index contributed by atoms with van der Waals surface area (Å²) in [7, 11) is 0. The van der Waals surface area contributed by atoms with Crippen molar-refractivity contribution < 1.29 is 13.9 Å². The van der Waals surface area contributed by atoms with E-state index in [-0.39, 0.29) is 17.6 Å². The molecule has 2 aliphatic rings. The molecule has 1 atom stereocenters. The average molecular weight is 380 g/mol. The highest BCUT2D eigenvalue weighted by Gasteiger charge is 2.42. The Morgan fingerprint density at radius 1 is 1.14 bits per heavy atom. The van der Waals surface area contributed by atoms with Crippen molar-refractivity contribution in [2.24, 2.45) is 0 Å². The van der Waals surface area contributed by atoms with Gasteiger partial charge in [0.25, 0.3) is 5.91 Å². The fourth-order valence-electron chi connectivity index (χ4n) is 4.15. The molecule has 0 aliphatic carbocycles. The summed E-state index contributed by atoms with van der Waals surface area (Å²) < 4.78 is 11.7. The van der Waals surface area contributed by atoms with Crippen LogP contribution in [0.2, 0.25) is 0 Å². The zero-order chi connectivity index (χ0) is 19.2. The van der Waals surface area contributed by atoms with Crippen LogP contribution in [-0.4, -0.2) is 48.7 Å². The van der Waals surface area contributed by atoms with E-state index in [0.717, 1.165) is 51.1 Å². The number of carbonyl (C=O) groups excluding carboxylic acids is 1. The Kier molecular flexibility index (Phi) is 5.93. The molecule has 5 heteroatoms. The molecule has 0 bridgehead atoms. The van der Waals surface area contributed by atoms with Gasteiger partial charge in [0.2, 0.25) is 0 Å². The number of nitrogens with zero attached hydrogens (tertiary/aromatic N) is 1. The van der Waals surface area contributed by atoms with E-state index in [0.29, 0.717) is 12.1 Å². The second-order valence-corrected chi connectivity index (χ2v) is 7.76. The fraction of sp³-hybridized carbons (Fsp3) is 0.435. The highest BCUT2D eigenvalue weighted by Crippen LogP contribution is 2.38. The summed E-state index contributed by atoms with van der Waals surface area (Å²) in [5.41, 5.74) is 0.703. The van der Waals surface area contributed by atoms with Crippen molar-refractivity contribution in [3.8, 4) is 0 Å². The topological polar surface area (TPSA) is 54.7 Å². The highest BCUT2D eigenvalue weighted by atomic mass is 16.5. The normalized spacial score (nSPS) is 22.1. The molecular weight excluding hydrogens is 352 g/mol. The smallest absolute Gasteiger partial charge is 0.251 e. The molecule has 2 aromatic rings. The van der Waals surface area contributed by atoms with Crippen LogP contribution in [-0.2, 0) is 4.74 Å². The second-order valence-electron chi connectivity index (χ2n) is 7.76. The third-order valence-electron chi connectivity index (χ3n) is 5.82. The Bertz CT molecular complexity index is 777. The van der Waals surface area contributed by atoms with Gasteiger partial charge in [0.1, 0.15) is 5.76 Å². The van der Waals surface area contributed by atoms with Crippen LogP contribution in [0.25, 0.3) is 6.08 Å². The van der Waals surface area contributed by atoms with Crippen molar-refractivity contribution >= 4 is 12.0 Å². The SMILES string of the molecule is O=C(NC[C@@H]1CCC2(CCN(C/C=C/c3ccco3)CC2)O1)c1ccccc1. The van der Waals surface area contributed by atoms with Crippen molar-refractivity contribution in [1.82, 2.24) is 10.2 Å². The van der Waals surface area contributed by atoms with Crippen molar-refractivity contribution in [1.29, 1.82) is 0 Å². The molecule has 2 aliphatic heterocycles. The molecule has 1 aromatic heterocycles. The van der Waals surface area contributed by atoms with E-state index in [2.05, 4.69) is 16.3 Å². The largest absolute Gasteiger partial charge is 0.465 e. The number of carbonyl (C=O) groups is 1. The van der Waals surface area contributed by atoms with Gasteiger partial charge in [-0.05, 0) is 56.0 Å². The molecule has 148 valence electrons. The molecule has 2 saturated heterocycles. The number of amides is 1. The number of furan rings is 1. The summed E-state index contributed by atoms with van der Waals surface area (Å²) in [4.78, 5) is 14.7. The Balaban J connectivity index is 1.19. The lowest BCUT2D eigenvalue weighted by atomic mass is 9.88. The van der Waals surface area contributed by atoms with Crippen molar-refractivity contribution in [3.63, 3.8) is 0 Å². The Morgan fingerprint density at radius 2 is 1.96 bits per heavy atom. The maximum atomic E-state index is 12.2. The molecule has 28 heavy (non-hydrogen) atoms. The van der Waals surface area contributed by atoms with Gasteiger partial charge in [0, 0.05) is 31.7 Å². The third-order valence-corrected chi connectivity index (χ3v) is 5.82. The maximum Gasteiger partial charge on any atom is 0.251 e. The molecule has 0 unspecified atom stereocenters. The maximum absolute atomic E-state index is 12.2. The first-order valence-electron chi connectivity index (χ1n) is 10.2. The standard InChI is InChI=1S/C23H28N2O3/c26-22(19-6-2-1-3-7-19)24-18-21-10-11-23(28-21)12-15-25(16-13-23)14-4-8-20-9-5-17-27-20/h1-9,17,21H,10-16,18H2,(H,24,26)/b8-4+/t21-/m0/s1. The van der Waals surface area contributed by atoms with E-state index in [1.54, 1.807) is 6.26 Å². The van der Waals surface area contributed by atoms with Crippen LogP contribution in [0.5, 0.6) is 0 Å². The van der Waals surface area contributed by atoms with Gasteiger partial charge in [0.15, 0.2) is 0 Å². The lowest BCUT2D eigenvalue weighted by Gasteiger charge is -2.38. The lowest BCUT2D eigenvalue weighted by Crippen LogP contribution is -2.45. The minimum Gasteiger partial charge on any atom is -0.465 e. The highest BCUT2D eigenvalue weighted by molar-refractivity contribution is 5.94. The molecule has 1 amide bonds. The van der Waals surface area contributed by atoms with Crippen molar-refractivity contribution in [2.75, 3.05) is 26.2 Å². The van der Waals surface area contributed by atoms with Crippen LogP contribution < -0.4 is 5.32 Å². The van der Waals surface area contributed by atoms with E-state index < -0.39 is 0 Å². The Hall–Kier alpha value is -2.37. The first kappa shape index (κ1) is 19.0. The zero-order valence-electron chi connectivity index (χ0n) is 16.2. The number of rotatable bonds is 6. The summed E-state index contributed by atoms with van der Waals surface area (Å²) in [5.74, 6) is 0.872. The Morgan fingerprint density at radius 3 is 2.71 bits per heavy atom. The minimum atomic E-state index is -0.0247. The van der Waals surface area contributed by atoms with E-state index in [1.165, 1.54) is 0 Å². The van der Waals surface area contributed by atoms with Crippen LogP contribution in [0.4, 0.5) is 0 Å². The molecule has 2 fully saturated rings. The number of benzene rings is 1. The summed E-state index contributed by atoms with van der Waals surface area (Å²) >= 11 is 0. The van der Waals surface area contributed by atoms with E-state index in [9.17, 15) is 4.79 Å². The quantitative estimate of drug-likeness (QED) is 0.830. The van der Waals surface area contributed by atoms with Gasteiger partial charge in [-0.1, -0.05) is 24.3 Å². The van der Waals surface area contributed by atoms with Gasteiger partial charge < -0.3 is 14.5 Å². The second kappa shape index (κ2) is 8.76. The van der Waals surface area contributed by atoms with Gasteiger partial charge in [-0.2, -0.15) is 0 Å². The molecule has 0 radical (unpaired) electrons. The molecule has 1 spiro atoms. The van der Waals surface area contributed by atoms with Crippen LogP contribution in [0.3, 0.4) is 0 Å². The summed E-state index contributed by atoms with van der Waals surface area (Å²) in [6.45, 7) is 3.62. The molecule has 0 saturated carbocycles.